The normalized spacial score (nSPS) is 11.8. The van der Waals surface area contributed by atoms with E-state index in [1.807, 2.05) is 0 Å². The smallest absolute Gasteiger partial charge is 0.306 e. The number of nitrogens with zero attached hydrogens (tertiary/aromatic N) is 1. The van der Waals surface area contributed by atoms with Gasteiger partial charge in [0.05, 0.1) is 17.4 Å². The lowest BCUT2D eigenvalue weighted by atomic mass is 10.0. The number of carboxylic acid groups (broad SMARTS) is 1. The van der Waals surface area contributed by atoms with Crippen molar-refractivity contribution < 1.29 is 19.6 Å². The molecule has 0 heterocycles. The zero-order chi connectivity index (χ0) is 15.0. The molecule has 1 rings (SSSR count). The Morgan fingerprint density at radius 3 is 2.50 bits per heavy atom. The van der Waals surface area contributed by atoms with E-state index >= 15 is 0 Å². The van der Waals surface area contributed by atoms with Crippen LogP contribution in [0.4, 0.5) is 5.69 Å². The highest BCUT2D eigenvalue weighted by atomic mass is 16.6. The molecule has 6 heteroatoms. The summed E-state index contributed by atoms with van der Waals surface area (Å²) in [6, 6.07) is 5.96. The summed E-state index contributed by atoms with van der Waals surface area (Å²) in [4.78, 5) is 20.6. The number of hydrogen-bond acceptors (Lipinski definition) is 4. The maximum atomic E-state index is 10.6. The molecule has 0 spiro atoms. The molecule has 0 aliphatic carbocycles. The molecule has 0 saturated carbocycles. The SMILES string of the molecule is CC(CCCCCOc1ccc([N+](=O)[O-])cc1)C(=O)O. The van der Waals surface area contributed by atoms with Gasteiger partial charge in [0, 0.05) is 12.1 Å². The standard InChI is InChI=1S/C14H19NO5/c1-11(14(16)17)5-3-2-4-10-20-13-8-6-12(7-9-13)15(18)19/h6-9,11H,2-5,10H2,1H3,(H,16,17). The molecule has 110 valence electrons. The van der Waals surface area contributed by atoms with E-state index in [0.717, 1.165) is 19.3 Å². The van der Waals surface area contributed by atoms with Crippen LogP contribution in [0.3, 0.4) is 0 Å². The van der Waals surface area contributed by atoms with Crippen LogP contribution in [0.1, 0.15) is 32.6 Å². The van der Waals surface area contributed by atoms with Gasteiger partial charge >= 0.3 is 5.97 Å². The van der Waals surface area contributed by atoms with E-state index in [2.05, 4.69) is 0 Å². The third-order valence-electron chi connectivity index (χ3n) is 3.02. The van der Waals surface area contributed by atoms with E-state index in [1.165, 1.54) is 12.1 Å². The van der Waals surface area contributed by atoms with E-state index in [1.54, 1.807) is 19.1 Å². The molecule has 0 saturated heterocycles. The second-order valence-electron chi connectivity index (χ2n) is 4.69. The topological polar surface area (TPSA) is 89.7 Å². The molecule has 0 amide bonds. The number of carbonyl (C=O) groups is 1. The van der Waals surface area contributed by atoms with Crippen LogP contribution in [-0.4, -0.2) is 22.6 Å². The molecule has 0 aliphatic heterocycles. The summed E-state index contributed by atoms with van der Waals surface area (Å²) in [7, 11) is 0. The van der Waals surface area contributed by atoms with Crippen molar-refractivity contribution in [1.82, 2.24) is 0 Å². The van der Waals surface area contributed by atoms with Gasteiger partial charge in [-0.15, -0.1) is 0 Å². The number of rotatable bonds is 9. The number of nitro benzene ring substituents is 1. The molecular formula is C14H19NO5. The zero-order valence-electron chi connectivity index (χ0n) is 11.4. The van der Waals surface area contributed by atoms with Crippen LogP contribution >= 0.6 is 0 Å². The van der Waals surface area contributed by atoms with Crippen LogP contribution in [0.5, 0.6) is 5.75 Å². The van der Waals surface area contributed by atoms with Gasteiger partial charge in [-0.1, -0.05) is 19.8 Å². The number of unbranched alkanes of at least 4 members (excludes halogenated alkanes) is 2. The average molecular weight is 281 g/mol. The highest BCUT2D eigenvalue weighted by molar-refractivity contribution is 5.69. The predicted molar refractivity (Wildman–Crippen MR) is 73.9 cm³/mol. The van der Waals surface area contributed by atoms with E-state index in [0.29, 0.717) is 18.8 Å². The van der Waals surface area contributed by atoms with E-state index < -0.39 is 10.9 Å². The Kier molecular flexibility index (Phi) is 6.49. The van der Waals surface area contributed by atoms with E-state index in [4.69, 9.17) is 9.84 Å². The van der Waals surface area contributed by atoms with Gasteiger partial charge in [-0.3, -0.25) is 14.9 Å². The minimum Gasteiger partial charge on any atom is -0.494 e. The molecule has 0 radical (unpaired) electrons. The Hall–Kier alpha value is -2.11. The first kappa shape index (κ1) is 15.9. The first-order chi connectivity index (χ1) is 9.50. The third-order valence-corrected chi connectivity index (χ3v) is 3.02. The molecule has 1 N–H and O–H groups in total. The first-order valence-electron chi connectivity index (χ1n) is 6.60. The van der Waals surface area contributed by atoms with Crippen LogP contribution in [0.15, 0.2) is 24.3 Å². The van der Waals surface area contributed by atoms with Gasteiger partial charge in [0.15, 0.2) is 0 Å². The van der Waals surface area contributed by atoms with Crippen LogP contribution < -0.4 is 4.74 Å². The number of hydrogen-bond donors (Lipinski definition) is 1. The summed E-state index contributed by atoms with van der Waals surface area (Å²) in [6.07, 6.45) is 3.28. The Labute approximate surface area is 117 Å². The summed E-state index contributed by atoms with van der Waals surface area (Å²) >= 11 is 0. The quantitative estimate of drug-likeness (QED) is 0.426. The average Bonchev–Trinajstić information content (AvgIpc) is 2.42. The Morgan fingerprint density at radius 1 is 1.30 bits per heavy atom. The van der Waals surface area contributed by atoms with Crippen LogP contribution in [-0.2, 0) is 4.79 Å². The second kappa shape index (κ2) is 8.14. The van der Waals surface area contributed by atoms with Crippen molar-refractivity contribution in [3.63, 3.8) is 0 Å². The Morgan fingerprint density at radius 2 is 1.95 bits per heavy atom. The number of non-ortho nitro benzene ring substituents is 1. The van der Waals surface area contributed by atoms with Gasteiger partial charge in [-0.05, 0) is 25.0 Å². The molecule has 1 unspecified atom stereocenters. The predicted octanol–water partition coefficient (Wildman–Crippen LogP) is 3.25. The molecule has 1 atom stereocenters. The number of benzene rings is 1. The fraction of sp³-hybridized carbons (Fsp3) is 0.500. The third kappa shape index (κ3) is 5.69. The number of aliphatic carboxylic acids is 1. The lowest BCUT2D eigenvalue weighted by molar-refractivity contribution is -0.384. The van der Waals surface area contributed by atoms with Crippen LogP contribution in [0, 0.1) is 16.0 Å². The van der Waals surface area contributed by atoms with Gasteiger partial charge in [-0.2, -0.15) is 0 Å². The summed E-state index contributed by atoms with van der Waals surface area (Å²) in [5.74, 6) is -0.452. The van der Waals surface area contributed by atoms with Crippen molar-refractivity contribution in [2.24, 2.45) is 5.92 Å². The summed E-state index contributed by atoms with van der Waals surface area (Å²) in [5, 5.41) is 19.2. The first-order valence-corrected chi connectivity index (χ1v) is 6.60. The maximum Gasteiger partial charge on any atom is 0.306 e. The van der Waals surface area contributed by atoms with Gasteiger partial charge in [-0.25, -0.2) is 0 Å². The molecule has 6 nitrogen and oxygen atoms in total. The molecule has 0 aromatic heterocycles. The largest absolute Gasteiger partial charge is 0.494 e. The highest BCUT2D eigenvalue weighted by Crippen LogP contribution is 2.17. The van der Waals surface area contributed by atoms with Gasteiger partial charge in [0.1, 0.15) is 5.75 Å². The molecule has 1 aromatic carbocycles. The van der Waals surface area contributed by atoms with Crippen molar-refractivity contribution in [3.8, 4) is 5.75 Å². The van der Waals surface area contributed by atoms with Crippen LogP contribution in [0.25, 0.3) is 0 Å². The highest BCUT2D eigenvalue weighted by Gasteiger charge is 2.09. The van der Waals surface area contributed by atoms with Crippen molar-refractivity contribution in [2.75, 3.05) is 6.61 Å². The fourth-order valence-electron chi connectivity index (χ4n) is 1.71. The number of carboxylic acids is 1. The maximum absolute atomic E-state index is 10.6. The zero-order valence-corrected chi connectivity index (χ0v) is 11.4. The molecule has 0 aliphatic rings. The summed E-state index contributed by atoms with van der Waals surface area (Å²) in [6.45, 7) is 2.23. The van der Waals surface area contributed by atoms with Gasteiger partial charge in [0.25, 0.3) is 5.69 Å². The van der Waals surface area contributed by atoms with Gasteiger partial charge in [0.2, 0.25) is 0 Å². The Bertz CT molecular complexity index is 443. The van der Waals surface area contributed by atoms with Crippen LogP contribution in [0.2, 0.25) is 0 Å². The van der Waals surface area contributed by atoms with Gasteiger partial charge < -0.3 is 9.84 Å². The lowest BCUT2D eigenvalue weighted by Gasteiger charge is -2.07. The lowest BCUT2D eigenvalue weighted by Crippen LogP contribution is -2.09. The second-order valence-corrected chi connectivity index (χ2v) is 4.69. The minimum atomic E-state index is -0.757. The Balaban J connectivity index is 2.15. The number of nitro groups is 1. The number of ether oxygens (including phenoxy) is 1. The van der Waals surface area contributed by atoms with Crippen molar-refractivity contribution in [2.45, 2.75) is 32.6 Å². The van der Waals surface area contributed by atoms with Crippen molar-refractivity contribution in [3.05, 3.63) is 34.4 Å². The molecule has 0 fully saturated rings. The fourth-order valence-corrected chi connectivity index (χ4v) is 1.71. The van der Waals surface area contributed by atoms with E-state index in [9.17, 15) is 14.9 Å². The molecular weight excluding hydrogens is 262 g/mol. The summed E-state index contributed by atoms with van der Waals surface area (Å²) < 4.78 is 5.46. The monoisotopic (exact) mass is 281 g/mol. The molecule has 1 aromatic rings. The van der Waals surface area contributed by atoms with E-state index in [-0.39, 0.29) is 11.6 Å². The minimum absolute atomic E-state index is 0.0417. The van der Waals surface area contributed by atoms with Crippen molar-refractivity contribution >= 4 is 11.7 Å². The molecule has 0 bridgehead atoms. The molecule has 20 heavy (non-hydrogen) atoms. The summed E-state index contributed by atoms with van der Waals surface area (Å²) in [5.41, 5.74) is 0.0417. The van der Waals surface area contributed by atoms with Crippen molar-refractivity contribution in [1.29, 1.82) is 0 Å².